The highest BCUT2D eigenvalue weighted by atomic mass is 16.5. The Labute approximate surface area is 90.5 Å². The van der Waals surface area contributed by atoms with E-state index in [2.05, 4.69) is 0 Å². The van der Waals surface area contributed by atoms with Crippen molar-refractivity contribution in [2.75, 3.05) is 20.8 Å². The van der Waals surface area contributed by atoms with Crippen molar-refractivity contribution in [3.63, 3.8) is 0 Å². The lowest BCUT2D eigenvalue weighted by atomic mass is 10.1. The fourth-order valence-electron chi connectivity index (χ4n) is 1.24. The van der Waals surface area contributed by atoms with E-state index in [1.165, 1.54) is 0 Å². The molecular formula is C12H17NO2. The van der Waals surface area contributed by atoms with Crippen LogP contribution in [0.1, 0.15) is 12.0 Å². The maximum absolute atomic E-state index is 5.40. The summed E-state index contributed by atoms with van der Waals surface area (Å²) in [5, 5.41) is 0. The Kier molecular flexibility index (Phi) is 4.71. The van der Waals surface area contributed by atoms with Crippen LogP contribution in [0.3, 0.4) is 0 Å². The molecule has 2 N–H and O–H groups in total. The maximum atomic E-state index is 5.40. The molecule has 0 fully saturated rings. The van der Waals surface area contributed by atoms with Crippen LogP contribution in [0.15, 0.2) is 24.3 Å². The van der Waals surface area contributed by atoms with Crippen LogP contribution >= 0.6 is 0 Å². The molecular weight excluding hydrogens is 190 g/mol. The monoisotopic (exact) mass is 207 g/mol. The van der Waals surface area contributed by atoms with E-state index >= 15 is 0 Å². The van der Waals surface area contributed by atoms with Gasteiger partial charge in [-0.15, -0.1) is 0 Å². The van der Waals surface area contributed by atoms with E-state index in [0.29, 0.717) is 6.54 Å². The van der Waals surface area contributed by atoms with Crippen LogP contribution in [0, 0.1) is 0 Å². The van der Waals surface area contributed by atoms with Crippen LogP contribution in [0.5, 0.6) is 11.5 Å². The van der Waals surface area contributed by atoms with Gasteiger partial charge in [-0.2, -0.15) is 0 Å². The fraction of sp³-hybridized carbons (Fsp3) is 0.333. The molecule has 0 aliphatic carbocycles. The smallest absolute Gasteiger partial charge is 0.123 e. The number of benzene rings is 1. The Balaban J connectivity index is 2.86. The first-order valence-electron chi connectivity index (χ1n) is 4.90. The summed E-state index contributed by atoms with van der Waals surface area (Å²) in [7, 11) is 3.28. The molecule has 3 heteroatoms. The van der Waals surface area contributed by atoms with E-state index < -0.39 is 0 Å². The summed E-state index contributed by atoms with van der Waals surface area (Å²) < 4.78 is 10.3. The van der Waals surface area contributed by atoms with Gasteiger partial charge in [0.2, 0.25) is 0 Å². The van der Waals surface area contributed by atoms with E-state index in [0.717, 1.165) is 23.5 Å². The van der Waals surface area contributed by atoms with Gasteiger partial charge in [0.25, 0.3) is 0 Å². The molecule has 82 valence electrons. The zero-order valence-electron chi connectivity index (χ0n) is 9.19. The summed E-state index contributed by atoms with van der Waals surface area (Å²) >= 11 is 0. The summed E-state index contributed by atoms with van der Waals surface area (Å²) in [6.07, 6.45) is 4.92. The van der Waals surface area contributed by atoms with Crippen molar-refractivity contribution >= 4 is 6.08 Å². The number of hydrogen-bond acceptors (Lipinski definition) is 3. The third kappa shape index (κ3) is 3.64. The van der Waals surface area contributed by atoms with Crippen molar-refractivity contribution in [3.8, 4) is 11.5 Å². The van der Waals surface area contributed by atoms with Crippen LogP contribution < -0.4 is 15.2 Å². The van der Waals surface area contributed by atoms with Gasteiger partial charge in [-0.25, -0.2) is 0 Å². The Morgan fingerprint density at radius 3 is 2.20 bits per heavy atom. The molecule has 1 aromatic carbocycles. The molecule has 0 saturated heterocycles. The van der Waals surface area contributed by atoms with Gasteiger partial charge < -0.3 is 15.2 Å². The minimum atomic E-state index is 0.664. The largest absolute Gasteiger partial charge is 0.497 e. The van der Waals surface area contributed by atoms with Crippen molar-refractivity contribution in [1.82, 2.24) is 0 Å². The minimum absolute atomic E-state index is 0.664. The second-order valence-corrected chi connectivity index (χ2v) is 3.13. The molecule has 0 heterocycles. The average Bonchev–Trinajstić information content (AvgIpc) is 2.29. The summed E-state index contributed by atoms with van der Waals surface area (Å²) in [4.78, 5) is 0. The van der Waals surface area contributed by atoms with Crippen molar-refractivity contribution in [2.24, 2.45) is 5.73 Å². The van der Waals surface area contributed by atoms with Crippen LogP contribution in [0.4, 0.5) is 0 Å². The van der Waals surface area contributed by atoms with Gasteiger partial charge in [0.1, 0.15) is 11.5 Å². The zero-order valence-corrected chi connectivity index (χ0v) is 9.19. The third-order valence-corrected chi connectivity index (χ3v) is 2.02. The molecule has 3 nitrogen and oxygen atoms in total. The molecule has 0 unspecified atom stereocenters. The Hall–Kier alpha value is -1.48. The molecule has 0 spiro atoms. The average molecular weight is 207 g/mol. The third-order valence-electron chi connectivity index (χ3n) is 2.02. The first-order chi connectivity index (χ1) is 7.30. The molecule has 0 radical (unpaired) electrons. The van der Waals surface area contributed by atoms with Gasteiger partial charge in [0.05, 0.1) is 14.2 Å². The predicted octanol–water partition coefficient (Wildman–Crippen LogP) is 2.07. The lowest BCUT2D eigenvalue weighted by molar-refractivity contribution is 0.394. The highest BCUT2D eigenvalue weighted by Crippen LogP contribution is 2.23. The molecule has 0 aromatic heterocycles. The van der Waals surface area contributed by atoms with E-state index in [9.17, 15) is 0 Å². The molecule has 1 aromatic rings. The normalized spacial score (nSPS) is 10.6. The van der Waals surface area contributed by atoms with Crippen LogP contribution in [0.2, 0.25) is 0 Å². The molecule has 15 heavy (non-hydrogen) atoms. The highest BCUT2D eigenvalue weighted by Gasteiger charge is 1.98. The fourth-order valence-corrected chi connectivity index (χ4v) is 1.24. The molecule has 0 saturated carbocycles. The van der Waals surface area contributed by atoms with E-state index in [4.69, 9.17) is 15.2 Å². The maximum Gasteiger partial charge on any atom is 0.123 e. The highest BCUT2D eigenvalue weighted by molar-refractivity contribution is 5.55. The number of hydrogen-bond donors (Lipinski definition) is 1. The van der Waals surface area contributed by atoms with Crippen molar-refractivity contribution < 1.29 is 9.47 Å². The lowest BCUT2D eigenvalue weighted by Crippen LogP contribution is -1.95. The summed E-state index contributed by atoms with van der Waals surface area (Å²) in [6.45, 7) is 0.664. The molecule has 0 aliphatic heterocycles. The van der Waals surface area contributed by atoms with Gasteiger partial charge in [-0.1, -0.05) is 12.2 Å². The Morgan fingerprint density at radius 2 is 1.73 bits per heavy atom. The number of methoxy groups -OCH3 is 2. The van der Waals surface area contributed by atoms with Crippen LogP contribution in [-0.4, -0.2) is 20.8 Å². The Bertz CT molecular complexity index is 312. The van der Waals surface area contributed by atoms with E-state index in [-0.39, 0.29) is 0 Å². The second-order valence-electron chi connectivity index (χ2n) is 3.13. The molecule has 0 aliphatic rings. The topological polar surface area (TPSA) is 44.5 Å². The minimum Gasteiger partial charge on any atom is -0.497 e. The second kappa shape index (κ2) is 6.09. The van der Waals surface area contributed by atoms with Gasteiger partial charge in [0.15, 0.2) is 0 Å². The molecule has 0 atom stereocenters. The number of ether oxygens (including phenoxy) is 2. The molecule has 1 rings (SSSR count). The van der Waals surface area contributed by atoms with Crippen molar-refractivity contribution in [3.05, 3.63) is 29.8 Å². The predicted molar refractivity (Wildman–Crippen MR) is 62.3 cm³/mol. The first-order valence-corrected chi connectivity index (χ1v) is 4.90. The Morgan fingerprint density at radius 1 is 1.13 bits per heavy atom. The van der Waals surface area contributed by atoms with Crippen molar-refractivity contribution in [1.29, 1.82) is 0 Å². The summed E-state index contributed by atoms with van der Waals surface area (Å²) in [5.41, 5.74) is 6.46. The standard InChI is InChI=1S/C12H17NO2/c1-14-11-7-10(5-3-4-6-13)8-12(9-11)15-2/h3,5,7-9H,4,6,13H2,1-2H3. The van der Waals surface area contributed by atoms with Crippen molar-refractivity contribution in [2.45, 2.75) is 6.42 Å². The van der Waals surface area contributed by atoms with E-state index in [1.54, 1.807) is 14.2 Å². The lowest BCUT2D eigenvalue weighted by Gasteiger charge is -2.05. The van der Waals surface area contributed by atoms with E-state index in [1.807, 2.05) is 30.4 Å². The quantitative estimate of drug-likeness (QED) is 0.803. The summed E-state index contributed by atoms with van der Waals surface area (Å²) in [5.74, 6) is 1.59. The SMILES string of the molecule is COc1cc(C=CCCN)cc(OC)c1. The van der Waals surface area contributed by atoms with Gasteiger partial charge in [-0.05, 0) is 30.7 Å². The summed E-state index contributed by atoms with van der Waals surface area (Å²) in [6, 6.07) is 5.76. The molecule has 0 amide bonds. The first kappa shape index (κ1) is 11.6. The number of rotatable bonds is 5. The van der Waals surface area contributed by atoms with Gasteiger partial charge in [0, 0.05) is 6.07 Å². The van der Waals surface area contributed by atoms with Crippen LogP contribution in [0.25, 0.3) is 6.08 Å². The van der Waals surface area contributed by atoms with Crippen LogP contribution in [-0.2, 0) is 0 Å². The zero-order chi connectivity index (χ0) is 11.1. The van der Waals surface area contributed by atoms with Gasteiger partial charge >= 0.3 is 0 Å². The number of nitrogens with two attached hydrogens (primary N) is 1. The van der Waals surface area contributed by atoms with Gasteiger partial charge in [-0.3, -0.25) is 0 Å². The molecule has 0 bridgehead atoms.